The number of rotatable bonds is 10. The van der Waals surface area contributed by atoms with Crippen LogP contribution < -0.4 is 22.1 Å². The largest absolute Gasteiger partial charge is 0.480 e. The highest BCUT2D eigenvalue weighted by Crippen LogP contribution is 2.17. The molecule has 11 heteroatoms. The average molecular weight is 399 g/mol. The van der Waals surface area contributed by atoms with Crippen LogP contribution in [0.25, 0.3) is 0 Å². The van der Waals surface area contributed by atoms with Crippen LogP contribution in [0.3, 0.4) is 0 Å². The maximum atomic E-state index is 12.3. The second kappa shape index (κ2) is 10.6. The summed E-state index contributed by atoms with van der Waals surface area (Å²) in [5, 5.41) is 13.8. The van der Waals surface area contributed by atoms with Crippen LogP contribution in [0.2, 0.25) is 0 Å². The summed E-state index contributed by atoms with van der Waals surface area (Å²) in [4.78, 5) is 60.2. The second-order valence-corrected chi connectivity index (χ2v) is 7.27. The third-order valence-electron chi connectivity index (χ3n) is 4.37. The van der Waals surface area contributed by atoms with Crippen molar-refractivity contribution in [2.45, 2.75) is 57.7 Å². The van der Waals surface area contributed by atoms with Crippen LogP contribution in [0.5, 0.6) is 0 Å². The van der Waals surface area contributed by atoms with Crippen LogP contribution in [0.15, 0.2) is 0 Å². The Morgan fingerprint density at radius 1 is 1.18 bits per heavy atom. The Hall–Kier alpha value is -2.69. The molecule has 28 heavy (non-hydrogen) atoms. The van der Waals surface area contributed by atoms with Gasteiger partial charge in [0.05, 0.1) is 19.0 Å². The van der Waals surface area contributed by atoms with Crippen molar-refractivity contribution in [1.29, 1.82) is 0 Å². The van der Waals surface area contributed by atoms with Gasteiger partial charge in [0.1, 0.15) is 12.1 Å². The summed E-state index contributed by atoms with van der Waals surface area (Å²) in [7, 11) is 0. The van der Waals surface area contributed by atoms with E-state index in [1.807, 2.05) is 13.8 Å². The van der Waals surface area contributed by atoms with Crippen molar-refractivity contribution in [3.05, 3.63) is 0 Å². The highest BCUT2D eigenvalue weighted by molar-refractivity contribution is 5.95. The molecule has 11 nitrogen and oxygen atoms in total. The van der Waals surface area contributed by atoms with Gasteiger partial charge in [0.2, 0.25) is 23.6 Å². The molecule has 0 aromatic rings. The van der Waals surface area contributed by atoms with E-state index < -0.39 is 60.7 Å². The first kappa shape index (κ1) is 23.3. The maximum absolute atomic E-state index is 12.3. The molecule has 7 N–H and O–H groups in total. The van der Waals surface area contributed by atoms with Crippen molar-refractivity contribution >= 4 is 29.6 Å². The summed E-state index contributed by atoms with van der Waals surface area (Å²) in [6.45, 7) is 3.60. The Kier molecular flexibility index (Phi) is 8.83. The van der Waals surface area contributed by atoms with Gasteiger partial charge in [-0.3, -0.25) is 19.2 Å². The number of carbonyl (C=O) groups is 5. The molecule has 0 bridgehead atoms. The van der Waals surface area contributed by atoms with Crippen LogP contribution in [0.4, 0.5) is 0 Å². The van der Waals surface area contributed by atoms with Crippen molar-refractivity contribution in [2.75, 3.05) is 13.1 Å². The van der Waals surface area contributed by atoms with Gasteiger partial charge in [-0.05, 0) is 25.2 Å². The lowest BCUT2D eigenvalue weighted by Gasteiger charge is -2.23. The minimum Gasteiger partial charge on any atom is -0.480 e. The van der Waals surface area contributed by atoms with Crippen LogP contribution in [0, 0.1) is 5.92 Å². The van der Waals surface area contributed by atoms with E-state index in [-0.39, 0.29) is 12.5 Å². The topological polar surface area (TPSA) is 185 Å². The molecule has 3 unspecified atom stereocenters. The van der Waals surface area contributed by atoms with Gasteiger partial charge in [0, 0.05) is 6.54 Å². The number of carboxylic acids is 1. The summed E-state index contributed by atoms with van der Waals surface area (Å²) in [5.41, 5.74) is 10.9. The molecule has 1 aliphatic rings. The second-order valence-electron chi connectivity index (χ2n) is 7.27. The lowest BCUT2D eigenvalue weighted by Crippen LogP contribution is -2.54. The van der Waals surface area contributed by atoms with Crippen LogP contribution in [-0.2, 0) is 24.0 Å². The Morgan fingerprint density at radius 3 is 2.36 bits per heavy atom. The summed E-state index contributed by atoms with van der Waals surface area (Å²) >= 11 is 0. The first-order valence-electron chi connectivity index (χ1n) is 9.17. The van der Waals surface area contributed by atoms with E-state index in [0.29, 0.717) is 19.3 Å². The molecule has 1 rings (SSSR count). The van der Waals surface area contributed by atoms with Gasteiger partial charge < -0.3 is 32.1 Å². The minimum absolute atomic E-state index is 0.157. The molecule has 158 valence electrons. The quantitative estimate of drug-likeness (QED) is 0.279. The third-order valence-corrected chi connectivity index (χ3v) is 4.37. The van der Waals surface area contributed by atoms with Crippen molar-refractivity contribution in [1.82, 2.24) is 15.5 Å². The summed E-state index contributed by atoms with van der Waals surface area (Å²) in [5.74, 6) is -3.69. The van der Waals surface area contributed by atoms with E-state index in [1.54, 1.807) is 0 Å². The molecule has 4 amide bonds. The number of carbonyl (C=O) groups excluding carboxylic acids is 4. The van der Waals surface area contributed by atoms with Crippen LogP contribution >= 0.6 is 0 Å². The lowest BCUT2D eigenvalue weighted by molar-refractivity contribution is -0.148. The number of likely N-dealkylation sites (tertiary alicyclic amines) is 1. The predicted octanol–water partition coefficient (Wildman–Crippen LogP) is -2.09. The molecule has 3 atom stereocenters. The van der Waals surface area contributed by atoms with E-state index in [2.05, 4.69) is 10.6 Å². The van der Waals surface area contributed by atoms with E-state index in [4.69, 9.17) is 16.6 Å². The average Bonchev–Trinajstić information content (AvgIpc) is 3.07. The van der Waals surface area contributed by atoms with Crippen LogP contribution in [0.1, 0.15) is 39.5 Å². The molecular weight excluding hydrogens is 370 g/mol. The van der Waals surface area contributed by atoms with Gasteiger partial charge >= 0.3 is 5.97 Å². The number of nitrogens with one attached hydrogen (secondary N) is 2. The molecule has 0 aromatic heterocycles. The van der Waals surface area contributed by atoms with Crippen molar-refractivity contribution in [2.24, 2.45) is 17.4 Å². The van der Waals surface area contributed by atoms with Gasteiger partial charge in [-0.15, -0.1) is 0 Å². The summed E-state index contributed by atoms with van der Waals surface area (Å²) in [6.07, 6.45) is 0.844. The van der Waals surface area contributed by atoms with E-state index in [1.165, 1.54) is 4.90 Å². The number of primary amides is 1. The third kappa shape index (κ3) is 7.14. The molecule has 0 aromatic carbocycles. The fraction of sp³-hybridized carbons (Fsp3) is 0.706. The zero-order valence-corrected chi connectivity index (χ0v) is 16.1. The fourth-order valence-electron chi connectivity index (χ4n) is 3.01. The monoisotopic (exact) mass is 399 g/mol. The molecule has 1 heterocycles. The highest BCUT2D eigenvalue weighted by atomic mass is 16.4. The number of hydrogen-bond acceptors (Lipinski definition) is 6. The smallest absolute Gasteiger partial charge is 0.326 e. The predicted molar refractivity (Wildman–Crippen MR) is 98.6 cm³/mol. The van der Waals surface area contributed by atoms with Crippen molar-refractivity contribution < 1.29 is 29.1 Å². The zero-order chi connectivity index (χ0) is 21.4. The van der Waals surface area contributed by atoms with E-state index >= 15 is 0 Å². The molecule has 0 spiro atoms. The molecular formula is C17H29N5O6. The van der Waals surface area contributed by atoms with E-state index in [0.717, 1.165) is 0 Å². The van der Waals surface area contributed by atoms with Gasteiger partial charge in [-0.25, -0.2) is 4.79 Å². The standard InChI is InChI=1S/C17H29N5O6/c1-9(2)6-10(18)15(25)21-11(7-13(19)23)16(26)20-8-14(24)22-5-3-4-12(22)17(27)28/h9-12H,3-8,18H2,1-2H3,(H2,19,23)(H,20,26)(H,21,25)(H,27,28). The number of nitrogens with zero attached hydrogens (tertiary/aromatic N) is 1. The van der Waals surface area contributed by atoms with Crippen LogP contribution in [-0.4, -0.2) is 70.8 Å². The Bertz CT molecular complexity index is 623. The zero-order valence-electron chi connectivity index (χ0n) is 16.1. The van der Waals surface area contributed by atoms with Gasteiger partial charge in [0.25, 0.3) is 0 Å². The molecule has 0 saturated carbocycles. The first-order chi connectivity index (χ1) is 13.0. The normalized spacial score (nSPS) is 18.4. The Balaban J connectivity index is 2.66. The Labute approximate surface area is 163 Å². The molecule has 0 aliphatic carbocycles. The van der Waals surface area contributed by atoms with Gasteiger partial charge in [-0.1, -0.05) is 13.8 Å². The SMILES string of the molecule is CC(C)CC(N)C(=O)NC(CC(N)=O)C(=O)NCC(=O)N1CCCC1C(=O)O. The Morgan fingerprint density at radius 2 is 1.82 bits per heavy atom. The first-order valence-corrected chi connectivity index (χ1v) is 9.17. The van der Waals surface area contributed by atoms with E-state index in [9.17, 15) is 24.0 Å². The molecule has 1 saturated heterocycles. The molecule has 1 fully saturated rings. The fourth-order valence-corrected chi connectivity index (χ4v) is 3.01. The number of nitrogens with two attached hydrogens (primary N) is 2. The highest BCUT2D eigenvalue weighted by Gasteiger charge is 2.34. The molecule has 1 aliphatic heterocycles. The number of hydrogen-bond donors (Lipinski definition) is 5. The lowest BCUT2D eigenvalue weighted by atomic mass is 10.0. The van der Waals surface area contributed by atoms with Gasteiger partial charge in [-0.2, -0.15) is 0 Å². The maximum Gasteiger partial charge on any atom is 0.326 e. The number of carboxylic acid groups (broad SMARTS) is 1. The summed E-state index contributed by atoms with van der Waals surface area (Å²) in [6, 6.07) is -3.05. The van der Waals surface area contributed by atoms with Crippen molar-refractivity contribution in [3.8, 4) is 0 Å². The minimum atomic E-state index is -1.27. The van der Waals surface area contributed by atoms with Crippen molar-refractivity contribution in [3.63, 3.8) is 0 Å². The van der Waals surface area contributed by atoms with Gasteiger partial charge in [0.15, 0.2) is 0 Å². The summed E-state index contributed by atoms with van der Waals surface area (Å²) < 4.78 is 0. The number of aliphatic carboxylic acids is 1. The number of amides is 4. The molecule has 0 radical (unpaired) electrons.